The fourth-order valence-electron chi connectivity index (χ4n) is 3.10. The molecule has 102 valence electrons. The predicted octanol–water partition coefficient (Wildman–Crippen LogP) is 2.27. The maximum Gasteiger partial charge on any atom is 0.179 e. The second-order valence-corrected chi connectivity index (χ2v) is 5.45. The summed E-state index contributed by atoms with van der Waals surface area (Å²) in [5.41, 5.74) is 4.03. The number of nitrogens with one attached hydrogen (secondary N) is 1. The van der Waals surface area contributed by atoms with Crippen LogP contribution < -0.4 is 0 Å². The summed E-state index contributed by atoms with van der Waals surface area (Å²) in [6.07, 6.45) is 8.47. The number of aromatic amines is 1. The highest BCUT2D eigenvalue weighted by Crippen LogP contribution is 2.54. The van der Waals surface area contributed by atoms with Crippen LogP contribution in [0.2, 0.25) is 0 Å². The molecule has 6 heteroatoms. The van der Waals surface area contributed by atoms with E-state index in [-0.39, 0.29) is 0 Å². The average Bonchev–Trinajstić information content (AvgIpc) is 2.97. The van der Waals surface area contributed by atoms with Crippen LogP contribution in [-0.2, 0) is 0 Å². The van der Waals surface area contributed by atoms with Crippen molar-refractivity contribution in [2.24, 2.45) is 0 Å². The van der Waals surface area contributed by atoms with Gasteiger partial charge in [-0.25, -0.2) is 4.98 Å². The molecule has 21 heavy (non-hydrogen) atoms. The maximum absolute atomic E-state index is 4.41. The van der Waals surface area contributed by atoms with Crippen LogP contribution in [-0.4, -0.2) is 29.5 Å². The predicted molar refractivity (Wildman–Crippen MR) is 77.0 cm³/mol. The molecule has 0 aromatic carbocycles. The van der Waals surface area contributed by atoms with Crippen LogP contribution >= 0.6 is 0 Å². The van der Waals surface area contributed by atoms with Gasteiger partial charge in [-0.3, -0.25) is 9.38 Å². The van der Waals surface area contributed by atoms with Crippen molar-refractivity contribution in [3.63, 3.8) is 0 Å². The van der Waals surface area contributed by atoms with Crippen LogP contribution in [0.25, 0.3) is 16.8 Å². The van der Waals surface area contributed by atoms with Gasteiger partial charge in [-0.2, -0.15) is 0 Å². The first-order valence-corrected chi connectivity index (χ1v) is 6.99. The number of fused-ring (bicyclic) bond motifs is 3. The van der Waals surface area contributed by atoms with E-state index in [0.717, 1.165) is 29.1 Å². The zero-order chi connectivity index (χ0) is 13.8. The molecular weight excluding hydrogens is 264 g/mol. The van der Waals surface area contributed by atoms with Gasteiger partial charge in [0.15, 0.2) is 11.3 Å². The van der Waals surface area contributed by atoms with Crippen LogP contribution in [0, 0.1) is 0 Å². The average molecular weight is 276 g/mol. The van der Waals surface area contributed by atoms with Crippen molar-refractivity contribution in [2.45, 2.75) is 18.3 Å². The standard InChI is InChI=1S/C15H12N6/c1-4-16-5-2-9(1)10-7-11(10)15-20-19-13-8-18-14-12(21(13)15)3-6-17-14/h1-6,8,10-11,17H,7H2. The fourth-order valence-corrected chi connectivity index (χ4v) is 3.10. The number of H-pyrrole nitrogens is 1. The molecule has 0 radical (unpaired) electrons. The molecule has 1 aliphatic carbocycles. The van der Waals surface area contributed by atoms with Gasteiger partial charge in [0.1, 0.15) is 5.82 Å². The highest BCUT2D eigenvalue weighted by molar-refractivity contribution is 5.74. The van der Waals surface area contributed by atoms with Crippen molar-refractivity contribution in [1.29, 1.82) is 0 Å². The lowest BCUT2D eigenvalue weighted by atomic mass is 10.1. The zero-order valence-electron chi connectivity index (χ0n) is 11.1. The van der Waals surface area contributed by atoms with Gasteiger partial charge in [-0.1, -0.05) is 0 Å². The summed E-state index contributed by atoms with van der Waals surface area (Å²) in [5.74, 6) is 1.96. The second kappa shape index (κ2) is 3.88. The minimum absolute atomic E-state index is 0.419. The summed E-state index contributed by atoms with van der Waals surface area (Å²) in [6, 6.07) is 6.19. The Morgan fingerprint density at radius 3 is 2.90 bits per heavy atom. The highest BCUT2D eigenvalue weighted by atomic mass is 15.3. The molecule has 4 aromatic heterocycles. The lowest BCUT2D eigenvalue weighted by molar-refractivity contribution is 0.879. The van der Waals surface area contributed by atoms with E-state index in [1.807, 2.05) is 24.7 Å². The topological polar surface area (TPSA) is 71.8 Å². The summed E-state index contributed by atoms with van der Waals surface area (Å²) >= 11 is 0. The Morgan fingerprint density at radius 2 is 2.00 bits per heavy atom. The lowest BCUT2D eigenvalue weighted by Crippen LogP contribution is -1.96. The highest BCUT2D eigenvalue weighted by Gasteiger charge is 2.43. The monoisotopic (exact) mass is 276 g/mol. The van der Waals surface area contributed by atoms with Crippen molar-refractivity contribution >= 4 is 16.8 Å². The van der Waals surface area contributed by atoms with Gasteiger partial charge in [-0.15, -0.1) is 10.2 Å². The molecule has 1 saturated carbocycles. The molecule has 6 nitrogen and oxygen atoms in total. The molecule has 0 bridgehead atoms. The van der Waals surface area contributed by atoms with Gasteiger partial charge in [0.2, 0.25) is 0 Å². The van der Waals surface area contributed by atoms with E-state index in [1.165, 1.54) is 5.56 Å². The second-order valence-electron chi connectivity index (χ2n) is 5.45. The Bertz CT molecular complexity index is 939. The largest absolute Gasteiger partial charge is 0.345 e. The number of aromatic nitrogens is 6. The van der Waals surface area contributed by atoms with Crippen LogP contribution in [0.5, 0.6) is 0 Å². The fraction of sp³-hybridized carbons (Fsp3) is 0.200. The van der Waals surface area contributed by atoms with Gasteiger partial charge in [0.25, 0.3) is 0 Å². The summed E-state index contributed by atoms with van der Waals surface area (Å²) in [6.45, 7) is 0. The van der Waals surface area contributed by atoms with Crippen LogP contribution in [0.4, 0.5) is 0 Å². The minimum Gasteiger partial charge on any atom is -0.345 e. The maximum atomic E-state index is 4.41. The smallest absolute Gasteiger partial charge is 0.179 e. The van der Waals surface area contributed by atoms with E-state index >= 15 is 0 Å². The first kappa shape index (κ1) is 11.0. The molecule has 0 spiro atoms. The molecule has 0 aliphatic heterocycles. The van der Waals surface area contributed by atoms with Crippen molar-refractivity contribution in [3.8, 4) is 0 Å². The molecule has 1 N–H and O–H groups in total. The van der Waals surface area contributed by atoms with E-state index in [9.17, 15) is 0 Å². The van der Waals surface area contributed by atoms with Gasteiger partial charge in [0.05, 0.1) is 11.7 Å². The SMILES string of the molecule is c1cc(C2CC2c2nnc3cnc4[nH]ccc4n23)ccn1. The van der Waals surface area contributed by atoms with Gasteiger partial charge < -0.3 is 4.98 Å². The quantitative estimate of drug-likeness (QED) is 0.609. The van der Waals surface area contributed by atoms with E-state index in [2.05, 4.69) is 41.7 Å². The molecule has 2 atom stereocenters. The van der Waals surface area contributed by atoms with Gasteiger partial charge in [-0.05, 0) is 36.1 Å². The van der Waals surface area contributed by atoms with E-state index in [1.54, 1.807) is 6.20 Å². The van der Waals surface area contributed by atoms with Gasteiger partial charge >= 0.3 is 0 Å². The third-order valence-corrected chi connectivity index (χ3v) is 4.22. The first-order chi connectivity index (χ1) is 10.4. The number of nitrogens with zero attached hydrogens (tertiary/aromatic N) is 5. The van der Waals surface area contributed by atoms with Gasteiger partial charge in [0, 0.05) is 24.5 Å². The minimum atomic E-state index is 0.419. The Kier molecular flexibility index (Phi) is 2.02. The molecule has 1 fully saturated rings. The van der Waals surface area contributed by atoms with E-state index < -0.39 is 0 Å². The molecular formula is C15H12N6. The van der Waals surface area contributed by atoms with E-state index in [0.29, 0.717) is 11.8 Å². The van der Waals surface area contributed by atoms with Crippen molar-refractivity contribution in [3.05, 3.63) is 54.4 Å². The van der Waals surface area contributed by atoms with Crippen molar-refractivity contribution in [2.75, 3.05) is 0 Å². The lowest BCUT2D eigenvalue weighted by Gasteiger charge is -2.01. The van der Waals surface area contributed by atoms with Crippen LogP contribution in [0.1, 0.15) is 29.6 Å². The number of hydrogen-bond acceptors (Lipinski definition) is 4. The Morgan fingerprint density at radius 1 is 1.10 bits per heavy atom. The summed E-state index contributed by atoms with van der Waals surface area (Å²) in [7, 11) is 0. The normalized spacial score (nSPS) is 21.1. The first-order valence-electron chi connectivity index (χ1n) is 6.99. The zero-order valence-corrected chi connectivity index (χ0v) is 11.1. The summed E-state index contributed by atoms with van der Waals surface area (Å²) in [4.78, 5) is 11.6. The third-order valence-electron chi connectivity index (χ3n) is 4.22. The summed E-state index contributed by atoms with van der Waals surface area (Å²) in [5, 5.41) is 8.67. The molecule has 2 unspecified atom stereocenters. The molecule has 4 aromatic rings. The van der Waals surface area contributed by atoms with Crippen molar-refractivity contribution < 1.29 is 0 Å². The molecule has 1 aliphatic rings. The number of rotatable bonds is 2. The Hall–Kier alpha value is -2.76. The third kappa shape index (κ3) is 1.53. The van der Waals surface area contributed by atoms with Crippen LogP contribution in [0.15, 0.2) is 43.0 Å². The summed E-state index contributed by atoms with van der Waals surface area (Å²) < 4.78 is 2.12. The number of hydrogen-bond donors (Lipinski definition) is 1. The van der Waals surface area contributed by atoms with E-state index in [4.69, 9.17) is 0 Å². The molecule has 0 amide bonds. The molecule has 0 saturated heterocycles. The Labute approximate surface area is 119 Å². The molecule has 4 heterocycles. The number of pyridine rings is 1. The molecule has 5 rings (SSSR count). The van der Waals surface area contributed by atoms with Crippen LogP contribution in [0.3, 0.4) is 0 Å². The van der Waals surface area contributed by atoms with Crippen molar-refractivity contribution in [1.82, 2.24) is 29.5 Å². The Balaban J connectivity index is 1.65.